The van der Waals surface area contributed by atoms with E-state index in [1.54, 1.807) is 0 Å². The van der Waals surface area contributed by atoms with E-state index in [0.29, 0.717) is 6.04 Å². The summed E-state index contributed by atoms with van der Waals surface area (Å²) in [6.07, 6.45) is 4.83. The topological polar surface area (TPSA) is 35.5 Å². The first-order chi connectivity index (χ1) is 7.19. The summed E-state index contributed by atoms with van der Waals surface area (Å²) >= 11 is 0. The molecular weight excluding hydrogens is 188 g/mol. The van der Waals surface area contributed by atoms with Gasteiger partial charge in [0.15, 0.2) is 0 Å². The van der Waals surface area contributed by atoms with Crippen molar-refractivity contribution in [2.45, 2.75) is 44.2 Å². The molecule has 15 heavy (non-hydrogen) atoms. The van der Waals surface area contributed by atoms with Crippen molar-refractivity contribution in [3.63, 3.8) is 0 Å². The maximum Gasteiger partial charge on any atom is 0.0613 e. The van der Waals surface area contributed by atoms with E-state index >= 15 is 0 Å². The van der Waals surface area contributed by atoms with E-state index in [4.69, 9.17) is 0 Å². The minimum absolute atomic E-state index is 0.0104. The molecular formula is C12H24N2O. The molecule has 1 aliphatic carbocycles. The lowest BCUT2D eigenvalue weighted by Gasteiger charge is -2.29. The molecule has 3 nitrogen and oxygen atoms in total. The fraction of sp³-hybridized carbons (Fsp3) is 1.00. The second kappa shape index (κ2) is 4.40. The molecule has 88 valence electrons. The maximum atomic E-state index is 9.45. The van der Waals surface area contributed by atoms with Gasteiger partial charge < -0.3 is 15.3 Å². The van der Waals surface area contributed by atoms with Crippen LogP contribution in [0.25, 0.3) is 0 Å². The molecule has 0 aromatic rings. The predicted molar refractivity (Wildman–Crippen MR) is 61.9 cm³/mol. The van der Waals surface area contributed by atoms with Gasteiger partial charge in [0.1, 0.15) is 0 Å². The highest BCUT2D eigenvalue weighted by molar-refractivity contribution is 4.99. The van der Waals surface area contributed by atoms with Crippen molar-refractivity contribution >= 4 is 0 Å². The molecule has 1 saturated heterocycles. The minimum atomic E-state index is 0.0104. The molecule has 2 fully saturated rings. The van der Waals surface area contributed by atoms with Gasteiger partial charge in [0, 0.05) is 18.1 Å². The predicted octanol–water partition coefficient (Wildman–Crippen LogP) is 0.831. The Morgan fingerprint density at radius 3 is 2.73 bits per heavy atom. The lowest BCUT2D eigenvalue weighted by molar-refractivity contribution is 0.156. The van der Waals surface area contributed by atoms with Gasteiger partial charge in [0.05, 0.1) is 6.61 Å². The lowest BCUT2D eigenvalue weighted by atomic mass is 9.99. The van der Waals surface area contributed by atoms with Gasteiger partial charge in [-0.15, -0.1) is 0 Å². The fourth-order valence-corrected chi connectivity index (χ4v) is 3.16. The number of likely N-dealkylation sites (tertiary alicyclic amines) is 1. The Bertz CT molecular complexity index is 216. The Morgan fingerprint density at radius 1 is 1.47 bits per heavy atom. The Hall–Kier alpha value is -0.120. The van der Waals surface area contributed by atoms with Crippen LogP contribution in [0.3, 0.4) is 0 Å². The van der Waals surface area contributed by atoms with Crippen molar-refractivity contribution in [1.82, 2.24) is 10.2 Å². The second-order valence-corrected chi connectivity index (χ2v) is 5.47. The van der Waals surface area contributed by atoms with Crippen LogP contribution in [0.2, 0.25) is 0 Å². The zero-order chi connectivity index (χ0) is 10.9. The maximum absolute atomic E-state index is 9.45. The van der Waals surface area contributed by atoms with E-state index in [-0.39, 0.29) is 12.1 Å². The van der Waals surface area contributed by atoms with Crippen LogP contribution >= 0.6 is 0 Å². The number of rotatable bonds is 3. The van der Waals surface area contributed by atoms with Crippen LogP contribution in [0.5, 0.6) is 0 Å². The van der Waals surface area contributed by atoms with Gasteiger partial charge in [-0.1, -0.05) is 6.92 Å². The third-order valence-corrected chi connectivity index (χ3v) is 4.39. The molecule has 3 atom stereocenters. The molecule has 1 saturated carbocycles. The average Bonchev–Trinajstić information content (AvgIpc) is 2.84. The van der Waals surface area contributed by atoms with Gasteiger partial charge in [-0.2, -0.15) is 0 Å². The first kappa shape index (κ1) is 11.4. The van der Waals surface area contributed by atoms with Crippen molar-refractivity contribution in [1.29, 1.82) is 0 Å². The molecule has 0 spiro atoms. The molecule has 2 aliphatic rings. The standard InChI is InChI=1S/C12H24N2O/c1-10-4-6-14(8-10)11-3-5-12(7-11,9-15)13-2/h10-11,13,15H,3-9H2,1-2H3. The first-order valence-corrected chi connectivity index (χ1v) is 6.23. The lowest BCUT2D eigenvalue weighted by Crippen LogP contribution is -2.45. The molecule has 0 aromatic carbocycles. The number of nitrogens with one attached hydrogen (secondary N) is 1. The van der Waals surface area contributed by atoms with E-state index in [2.05, 4.69) is 17.1 Å². The highest BCUT2D eigenvalue weighted by Gasteiger charge is 2.40. The average molecular weight is 212 g/mol. The highest BCUT2D eigenvalue weighted by atomic mass is 16.3. The van der Waals surface area contributed by atoms with Gasteiger partial charge in [0.2, 0.25) is 0 Å². The van der Waals surface area contributed by atoms with Gasteiger partial charge in [-0.05, 0) is 45.2 Å². The Labute approximate surface area is 92.8 Å². The van der Waals surface area contributed by atoms with Crippen LogP contribution in [0.4, 0.5) is 0 Å². The van der Waals surface area contributed by atoms with Crippen LogP contribution in [-0.4, -0.2) is 48.3 Å². The van der Waals surface area contributed by atoms with Crippen molar-refractivity contribution in [2.75, 3.05) is 26.7 Å². The van der Waals surface area contributed by atoms with Crippen LogP contribution in [0.1, 0.15) is 32.6 Å². The second-order valence-electron chi connectivity index (χ2n) is 5.47. The van der Waals surface area contributed by atoms with E-state index in [1.807, 2.05) is 7.05 Å². The molecule has 2 rings (SSSR count). The van der Waals surface area contributed by atoms with Crippen LogP contribution in [0.15, 0.2) is 0 Å². The summed E-state index contributed by atoms with van der Waals surface area (Å²) in [5.74, 6) is 0.865. The van der Waals surface area contributed by atoms with Crippen molar-refractivity contribution in [3.8, 4) is 0 Å². The van der Waals surface area contributed by atoms with Crippen LogP contribution in [0, 0.1) is 5.92 Å². The third kappa shape index (κ3) is 2.19. The number of nitrogens with zero attached hydrogens (tertiary/aromatic N) is 1. The largest absolute Gasteiger partial charge is 0.394 e. The minimum Gasteiger partial charge on any atom is -0.394 e. The SMILES string of the molecule is CNC1(CO)CCC(N2CCC(C)C2)C1. The molecule has 0 radical (unpaired) electrons. The van der Waals surface area contributed by atoms with Crippen LogP contribution < -0.4 is 5.32 Å². The van der Waals surface area contributed by atoms with Crippen molar-refractivity contribution < 1.29 is 5.11 Å². The number of aliphatic hydroxyl groups is 1. The Kier molecular flexibility index (Phi) is 3.33. The van der Waals surface area contributed by atoms with Gasteiger partial charge in [-0.25, -0.2) is 0 Å². The summed E-state index contributed by atoms with van der Waals surface area (Å²) in [7, 11) is 1.98. The van der Waals surface area contributed by atoms with E-state index in [1.165, 1.54) is 25.9 Å². The zero-order valence-corrected chi connectivity index (χ0v) is 10.00. The number of hydrogen-bond acceptors (Lipinski definition) is 3. The first-order valence-electron chi connectivity index (χ1n) is 6.23. The third-order valence-electron chi connectivity index (χ3n) is 4.39. The fourth-order valence-electron chi connectivity index (χ4n) is 3.16. The molecule has 1 aliphatic heterocycles. The number of aliphatic hydroxyl groups excluding tert-OH is 1. The quantitative estimate of drug-likeness (QED) is 0.727. The molecule has 3 heteroatoms. The Morgan fingerprint density at radius 2 is 2.27 bits per heavy atom. The summed E-state index contributed by atoms with van der Waals surface area (Å²) in [6, 6.07) is 0.703. The molecule has 0 amide bonds. The zero-order valence-electron chi connectivity index (χ0n) is 10.00. The van der Waals surface area contributed by atoms with Crippen molar-refractivity contribution in [2.24, 2.45) is 5.92 Å². The molecule has 0 aromatic heterocycles. The number of hydrogen-bond donors (Lipinski definition) is 2. The van der Waals surface area contributed by atoms with Gasteiger partial charge in [-0.3, -0.25) is 0 Å². The normalized spacial score (nSPS) is 42.6. The van der Waals surface area contributed by atoms with E-state index in [9.17, 15) is 5.11 Å². The summed E-state index contributed by atoms with van der Waals surface area (Å²) in [5.41, 5.74) is 0.0104. The smallest absolute Gasteiger partial charge is 0.0613 e. The molecule has 3 unspecified atom stereocenters. The molecule has 0 bridgehead atoms. The van der Waals surface area contributed by atoms with E-state index in [0.717, 1.165) is 18.8 Å². The Balaban J connectivity index is 1.92. The highest BCUT2D eigenvalue weighted by Crippen LogP contribution is 2.34. The molecule has 2 N–H and O–H groups in total. The van der Waals surface area contributed by atoms with Crippen LogP contribution in [-0.2, 0) is 0 Å². The summed E-state index contributed by atoms with van der Waals surface area (Å²) in [6.45, 7) is 5.14. The summed E-state index contributed by atoms with van der Waals surface area (Å²) in [5, 5.41) is 12.8. The van der Waals surface area contributed by atoms with Gasteiger partial charge in [0.25, 0.3) is 0 Å². The molecule has 1 heterocycles. The number of likely N-dealkylation sites (N-methyl/N-ethyl adjacent to an activating group) is 1. The summed E-state index contributed by atoms with van der Waals surface area (Å²) < 4.78 is 0. The summed E-state index contributed by atoms with van der Waals surface area (Å²) in [4.78, 5) is 2.62. The van der Waals surface area contributed by atoms with E-state index < -0.39 is 0 Å². The van der Waals surface area contributed by atoms with Gasteiger partial charge >= 0.3 is 0 Å². The van der Waals surface area contributed by atoms with Crippen molar-refractivity contribution in [3.05, 3.63) is 0 Å². The monoisotopic (exact) mass is 212 g/mol.